The third-order valence-corrected chi connectivity index (χ3v) is 4.66. The largest absolute Gasteiger partial charge is 0.393 e. The van der Waals surface area contributed by atoms with Crippen LogP contribution in [0.4, 0.5) is 0 Å². The Morgan fingerprint density at radius 1 is 1.12 bits per heavy atom. The van der Waals surface area contributed by atoms with Crippen LogP contribution in [0.2, 0.25) is 0 Å². The Balaban J connectivity index is 2.10. The maximum atomic E-state index is 10.3. The molecule has 1 rings (SSSR count). The molecule has 2 unspecified atom stereocenters. The number of aliphatic hydroxyl groups excluding tert-OH is 1. The summed E-state index contributed by atoms with van der Waals surface area (Å²) in [6.07, 6.45) is 12.8. The Labute approximate surface area is 108 Å². The van der Waals surface area contributed by atoms with Crippen LogP contribution in [0.1, 0.15) is 85.0 Å². The molecule has 0 radical (unpaired) electrons. The predicted molar refractivity (Wildman–Crippen MR) is 75.1 cm³/mol. The molecule has 0 spiro atoms. The summed E-state index contributed by atoms with van der Waals surface area (Å²) in [5.41, 5.74) is 0.377. The molecule has 17 heavy (non-hydrogen) atoms. The summed E-state index contributed by atoms with van der Waals surface area (Å²) in [7, 11) is 0. The number of unbranched alkanes of at least 4 members (excludes halogenated alkanes) is 5. The zero-order valence-electron chi connectivity index (χ0n) is 12.2. The van der Waals surface area contributed by atoms with Gasteiger partial charge >= 0.3 is 0 Å². The van der Waals surface area contributed by atoms with Crippen molar-refractivity contribution < 1.29 is 5.11 Å². The van der Waals surface area contributed by atoms with Crippen LogP contribution in [0.5, 0.6) is 0 Å². The Hall–Kier alpha value is -0.0400. The SMILES string of the molecule is CCCCCCCCC(O)C1CCCC1(C)C. The average Bonchev–Trinajstić information content (AvgIpc) is 2.63. The summed E-state index contributed by atoms with van der Waals surface area (Å²) in [6, 6.07) is 0. The van der Waals surface area contributed by atoms with Crippen molar-refractivity contribution in [2.45, 2.75) is 91.1 Å². The van der Waals surface area contributed by atoms with Gasteiger partial charge in [0.15, 0.2) is 0 Å². The molecule has 0 aromatic rings. The molecule has 0 saturated heterocycles. The Morgan fingerprint density at radius 2 is 1.76 bits per heavy atom. The fourth-order valence-corrected chi connectivity index (χ4v) is 3.40. The molecule has 1 aliphatic carbocycles. The topological polar surface area (TPSA) is 20.2 Å². The van der Waals surface area contributed by atoms with Crippen LogP contribution >= 0.6 is 0 Å². The minimum Gasteiger partial charge on any atom is -0.393 e. The zero-order chi connectivity index (χ0) is 12.7. The Bertz CT molecular complexity index is 198. The van der Waals surface area contributed by atoms with Crippen LogP contribution in [-0.4, -0.2) is 11.2 Å². The van der Waals surface area contributed by atoms with Crippen LogP contribution < -0.4 is 0 Å². The number of hydrogen-bond acceptors (Lipinski definition) is 1. The van der Waals surface area contributed by atoms with Crippen molar-refractivity contribution in [2.75, 3.05) is 0 Å². The minimum absolute atomic E-state index is 0.0429. The highest BCUT2D eigenvalue weighted by Crippen LogP contribution is 2.45. The molecule has 0 bridgehead atoms. The molecular weight excluding hydrogens is 208 g/mol. The molecule has 1 fully saturated rings. The van der Waals surface area contributed by atoms with E-state index in [-0.39, 0.29) is 6.10 Å². The van der Waals surface area contributed by atoms with Crippen molar-refractivity contribution in [2.24, 2.45) is 11.3 Å². The number of hydrogen-bond donors (Lipinski definition) is 1. The first-order valence-corrected chi connectivity index (χ1v) is 7.76. The highest BCUT2D eigenvalue weighted by Gasteiger charge is 2.38. The molecule has 1 aliphatic rings. The van der Waals surface area contributed by atoms with Crippen molar-refractivity contribution in [3.05, 3.63) is 0 Å². The second-order valence-electron chi connectivity index (χ2n) is 6.61. The van der Waals surface area contributed by atoms with E-state index in [0.717, 1.165) is 6.42 Å². The van der Waals surface area contributed by atoms with E-state index in [1.165, 1.54) is 57.8 Å². The molecule has 0 heterocycles. The minimum atomic E-state index is -0.0429. The van der Waals surface area contributed by atoms with E-state index < -0.39 is 0 Å². The summed E-state index contributed by atoms with van der Waals surface area (Å²) in [5.74, 6) is 0.554. The van der Waals surface area contributed by atoms with E-state index >= 15 is 0 Å². The molecule has 102 valence electrons. The van der Waals surface area contributed by atoms with E-state index in [9.17, 15) is 5.11 Å². The van der Waals surface area contributed by atoms with Crippen molar-refractivity contribution in [3.63, 3.8) is 0 Å². The molecule has 1 heteroatoms. The molecule has 0 amide bonds. The lowest BCUT2D eigenvalue weighted by Gasteiger charge is -2.31. The van der Waals surface area contributed by atoms with Gasteiger partial charge in [-0.1, -0.05) is 65.7 Å². The molecule has 0 aromatic heterocycles. The van der Waals surface area contributed by atoms with Crippen LogP contribution in [0.15, 0.2) is 0 Å². The van der Waals surface area contributed by atoms with Gasteiger partial charge in [0.1, 0.15) is 0 Å². The first kappa shape index (κ1) is 15.0. The molecular formula is C16H32O. The fraction of sp³-hybridized carbons (Fsp3) is 1.00. The molecule has 2 atom stereocenters. The molecule has 1 N–H and O–H groups in total. The Kier molecular flexibility index (Phi) is 6.54. The first-order valence-electron chi connectivity index (χ1n) is 7.76. The summed E-state index contributed by atoms with van der Waals surface area (Å²) in [5, 5.41) is 10.3. The zero-order valence-corrected chi connectivity index (χ0v) is 12.2. The van der Waals surface area contributed by atoms with Crippen LogP contribution in [-0.2, 0) is 0 Å². The van der Waals surface area contributed by atoms with Gasteiger partial charge in [0.2, 0.25) is 0 Å². The standard InChI is InChI=1S/C16H32O/c1-4-5-6-7-8-9-12-15(17)14-11-10-13-16(14,2)3/h14-15,17H,4-13H2,1-3H3. The van der Waals surface area contributed by atoms with E-state index in [0.29, 0.717) is 11.3 Å². The predicted octanol–water partition coefficient (Wildman–Crippen LogP) is 4.92. The van der Waals surface area contributed by atoms with Crippen molar-refractivity contribution >= 4 is 0 Å². The van der Waals surface area contributed by atoms with Gasteiger partial charge in [-0.3, -0.25) is 0 Å². The lowest BCUT2D eigenvalue weighted by molar-refractivity contribution is 0.0455. The smallest absolute Gasteiger partial charge is 0.0573 e. The van der Waals surface area contributed by atoms with Crippen molar-refractivity contribution in [1.82, 2.24) is 0 Å². The van der Waals surface area contributed by atoms with Gasteiger partial charge in [0, 0.05) is 0 Å². The third kappa shape index (κ3) is 4.99. The lowest BCUT2D eigenvalue weighted by atomic mass is 9.77. The summed E-state index contributed by atoms with van der Waals surface area (Å²) in [4.78, 5) is 0. The van der Waals surface area contributed by atoms with Crippen LogP contribution in [0.25, 0.3) is 0 Å². The van der Waals surface area contributed by atoms with Gasteiger partial charge in [-0.05, 0) is 30.6 Å². The van der Waals surface area contributed by atoms with Gasteiger partial charge in [0.05, 0.1) is 6.10 Å². The second-order valence-corrected chi connectivity index (χ2v) is 6.61. The number of rotatable bonds is 8. The van der Waals surface area contributed by atoms with E-state index in [2.05, 4.69) is 20.8 Å². The number of aliphatic hydroxyl groups is 1. The highest BCUT2D eigenvalue weighted by atomic mass is 16.3. The summed E-state index contributed by atoms with van der Waals surface area (Å²) < 4.78 is 0. The molecule has 1 nitrogen and oxygen atoms in total. The maximum absolute atomic E-state index is 10.3. The third-order valence-electron chi connectivity index (χ3n) is 4.66. The van der Waals surface area contributed by atoms with E-state index in [4.69, 9.17) is 0 Å². The lowest BCUT2D eigenvalue weighted by Crippen LogP contribution is -2.29. The van der Waals surface area contributed by atoms with Gasteiger partial charge in [-0.25, -0.2) is 0 Å². The van der Waals surface area contributed by atoms with Crippen molar-refractivity contribution in [3.8, 4) is 0 Å². The molecule has 0 aliphatic heterocycles. The van der Waals surface area contributed by atoms with Gasteiger partial charge in [0.25, 0.3) is 0 Å². The first-order chi connectivity index (χ1) is 8.08. The van der Waals surface area contributed by atoms with Crippen LogP contribution in [0, 0.1) is 11.3 Å². The fourth-order valence-electron chi connectivity index (χ4n) is 3.40. The average molecular weight is 240 g/mol. The van der Waals surface area contributed by atoms with Crippen LogP contribution in [0.3, 0.4) is 0 Å². The Morgan fingerprint density at radius 3 is 2.35 bits per heavy atom. The van der Waals surface area contributed by atoms with Crippen molar-refractivity contribution in [1.29, 1.82) is 0 Å². The maximum Gasteiger partial charge on any atom is 0.0573 e. The van der Waals surface area contributed by atoms with Gasteiger partial charge in [-0.2, -0.15) is 0 Å². The summed E-state index contributed by atoms with van der Waals surface area (Å²) in [6.45, 7) is 6.91. The summed E-state index contributed by atoms with van der Waals surface area (Å²) >= 11 is 0. The molecule has 1 saturated carbocycles. The van der Waals surface area contributed by atoms with E-state index in [1.54, 1.807) is 0 Å². The van der Waals surface area contributed by atoms with E-state index in [1.807, 2.05) is 0 Å². The van der Waals surface area contributed by atoms with Gasteiger partial charge in [-0.15, -0.1) is 0 Å². The molecule has 0 aromatic carbocycles. The second kappa shape index (κ2) is 7.41. The quantitative estimate of drug-likeness (QED) is 0.597. The monoisotopic (exact) mass is 240 g/mol. The normalized spacial score (nSPS) is 25.1. The van der Waals surface area contributed by atoms with Gasteiger partial charge < -0.3 is 5.11 Å². The highest BCUT2D eigenvalue weighted by molar-refractivity contribution is 4.88.